The fourth-order valence-electron chi connectivity index (χ4n) is 3.42. The van der Waals surface area contributed by atoms with Crippen LogP contribution < -0.4 is 4.90 Å². The first-order valence-corrected chi connectivity index (χ1v) is 9.83. The molecule has 2 amide bonds. The summed E-state index contributed by atoms with van der Waals surface area (Å²) in [6.07, 6.45) is 1.77. The van der Waals surface area contributed by atoms with Gasteiger partial charge in [-0.25, -0.2) is 4.90 Å². The van der Waals surface area contributed by atoms with Gasteiger partial charge in [0.1, 0.15) is 0 Å². The zero-order valence-corrected chi connectivity index (χ0v) is 16.7. The minimum Gasteiger partial charge on any atom is -0.318 e. The van der Waals surface area contributed by atoms with Crippen molar-refractivity contribution in [3.05, 3.63) is 88.1 Å². The molecule has 0 bridgehead atoms. The van der Waals surface area contributed by atoms with Crippen molar-refractivity contribution in [1.82, 2.24) is 4.57 Å². The van der Waals surface area contributed by atoms with E-state index in [1.54, 1.807) is 42.5 Å². The molecule has 1 fully saturated rings. The Hall–Kier alpha value is -3.56. The summed E-state index contributed by atoms with van der Waals surface area (Å²) in [6, 6.07) is 20.4. The number of hydrogen-bond donors (Lipinski definition) is 0. The first kappa shape index (κ1) is 18.8. The summed E-state index contributed by atoms with van der Waals surface area (Å²) in [5.41, 5.74) is 4.95. The first-order chi connectivity index (χ1) is 14.0. The van der Waals surface area contributed by atoms with Crippen molar-refractivity contribution < 1.29 is 9.59 Å². The molecular weight excluding hydrogens is 382 g/mol. The molecule has 0 aliphatic carbocycles. The number of rotatable bonds is 3. The highest BCUT2D eigenvalue weighted by Gasteiger charge is 2.36. The van der Waals surface area contributed by atoms with E-state index in [4.69, 9.17) is 5.26 Å². The summed E-state index contributed by atoms with van der Waals surface area (Å²) < 4.78 is 2.06. The summed E-state index contributed by atoms with van der Waals surface area (Å²) in [5.74, 6) is -0.311. The fraction of sp³-hybridized carbons (Fsp3) is 0.0870. The number of aromatic nitrogens is 1. The van der Waals surface area contributed by atoms with Gasteiger partial charge in [0.2, 0.25) is 0 Å². The average Bonchev–Trinajstić information content (AvgIpc) is 3.17. The van der Waals surface area contributed by atoms with Gasteiger partial charge in [-0.05, 0) is 79.7 Å². The predicted molar refractivity (Wildman–Crippen MR) is 115 cm³/mol. The second-order valence-electron chi connectivity index (χ2n) is 6.67. The largest absolute Gasteiger partial charge is 0.318 e. The lowest BCUT2D eigenvalue weighted by molar-refractivity contribution is -0.113. The number of aryl methyl sites for hydroxylation is 1. The van der Waals surface area contributed by atoms with Crippen LogP contribution in [0.2, 0.25) is 0 Å². The van der Waals surface area contributed by atoms with Crippen LogP contribution in [0.3, 0.4) is 0 Å². The number of para-hydroxylation sites is 1. The molecule has 3 aromatic rings. The zero-order chi connectivity index (χ0) is 20.5. The molecule has 0 atom stereocenters. The van der Waals surface area contributed by atoms with Crippen molar-refractivity contribution >= 4 is 34.7 Å². The van der Waals surface area contributed by atoms with Gasteiger partial charge < -0.3 is 4.57 Å². The number of anilines is 1. The molecule has 29 heavy (non-hydrogen) atoms. The maximum absolute atomic E-state index is 12.8. The monoisotopic (exact) mass is 399 g/mol. The van der Waals surface area contributed by atoms with Crippen molar-refractivity contribution in [3.8, 4) is 11.8 Å². The molecular formula is C23H17N3O2S. The van der Waals surface area contributed by atoms with Crippen LogP contribution in [0.1, 0.15) is 22.5 Å². The smallest absolute Gasteiger partial charge is 0.298 e. The van der Waals surface area contributed by atoms with Crippen molar-refractivity contribution in [1.29, 1.82) is 5.26 Å². The molecule has 0 unspecified atom stereocenters. The van der Waals surface area contributed by atoms with Gasteiger partial charge in [0.05, 0.1) is 22.2 Å². The molecule has 1 aromatic heterocycles. The van der Waals surface area contributed by atoms with Crippen LogP contribution in [-0.2, 0) is 4.79 Å². The van der Waals surface area contributed by atoms with Gasteiger partial charge in [-0.15, -0.1) is 0 Å². The van der Waals surface area contributed by atoms with E-state index >= 15 is 0 Å². The van der Waals surface area contributed by atoms with Crippen LogP contribution in [0.15, 0.2) is 65.6 Å². The van der Waals surface area contributed by atoms with Crippen LogP contribution in [0.4, 0.5) is 10.5 Å². The molecule has 0 N–H and O–H groups in total. The molecule has 0 radical (unpaired) electrons. The Kier molecular flexibility index (Phi) is 4.83. The lowest BCUT2D eigenvalue weighted by atomic mass is 10.2. The summed E-state index contributed by atoms with van der Waals surface area (Å²) in [6.45, 7) is 3.96. The van der Waals surface area contributed by atoms with E-state index in [1.807, 2.05) is 38.1 Å². The molecule has 0 saturated carbocycles. The molecule has 1 aliphatic rings. The van der Waals surface area contributed by atoms with E-state index in [0.717, 1.165) is 34.4 Å². The van der Waals surface area contributed by atoms with Crippen LogP contribution in [0, 0.1) is 25.2 Å². The van der Waals surface area contributed by atoms with Crippen molar-refractivity contribution in [3.63, 3.8) is 0 Å². The van der Waals surface area contributed by atoms with Crippen LogP contribution in [-0.4, -0.2) is 15.7 Å². The number of imide groups is 1. The Bertz CT molecular complexity index is 1190. The molecule has 5 nitrogen and oxygen atoms in total. The minimum absolute atomic E-state index is 0.298. The number of amides is 2. The highest BCUT2D eigenvalue weighted by atomic mass is 32.2. The summed E-state index contributed by atoms with van der Waals surface area (Å²) >= 11 is 0.949. The molecule has 1 aliphatic heterocycles. The third-order valence-corrected chi connectivity index (χ3v) is 5.69. The number of carbonyl (C=O) groups excluding carboxylic acids is 2. The number of carbonyl (C=O) groups is 2. The van der Waals surface area contributed by atoms with Gasteiger partial charge in [-0.3, -0.25) is 9.59 Å². The van der Waals surface area contributed by atoms with Crippen LogP contribution >= 0.6 is 11.8 Å². The van der Waals surface area contributed by atoms with Gasteiger partial charge in [-0.2, -0.15) is 5.26 Å². The Balaban J connectivity index is 1.70. The second kappa shape index (κ2) is 7.46. The maximum atomic E-state index is 12.8. The van der Waals surface area contributed by atoms with Crippen LogP contribution in [0.25, 0.3) is 11.8 Å². The van der Waals surface area contributed by atoms with Gasteiger partial charge in [0.15, 0.2) is 0 Å². The first-order valence-electron chi connectivity index (χ1n) is 9.02. The van der Waals surface area contributed by atoms with Crippen molar-refractivity contribution in [2.24, 2.45) is 0 Å². The van der Waals surface area contributed by atoms with Gasteiger partial charge >= 0.3 is 0 Å². The summed E-state index contributed by atoms with van der Waals surface area (Å²) in [4.78, 5) is 26.9. The number of hydrogen-bond acceptors (Lipinski definition) is 4. The van der Waals surface area contributed by atoms with Crippen molar-refractivity contribution in [2.75, 3.05) is 4.90 Å². The average molecular weight is 399 g/mol. The number of benzene rings is 2. The Labute approximate surface area is 172 Å². The Morgan fingerprint density at radius 1 is 0.966 bits per heavy atom. The molecule has 6 heteroatoms. The quantitative estimate of drug-likeness (QED) is 0.567. The van der Waals surface area contributed by atoms with E-state index < -0.39 is 0 Å². The standard InChI is InChI=1S/C23H17N3O2S/c1-15-12-18(16(2)25(15)20-10-8-17(14-24)9-11-20)13-21-22(27)26(23(28)29-21)19-6-4-3-5-7-19/h3-13H,1-2H3. The fourth-order valence-corrected chi connectivity index (χ4v) is 4.26. The SMILES string of the molecule is Cc1cc(C=C2SC(=O)N(c3ccccc3)C2=O)c(C)n1-c1ccc(C#N)cc1. The van der Waals surface area contributed by atoms with E-state index in [2.05, 4.69) is 10.6 Å². The highest BCUT2D eigenvalue weighted by Crippen LogP contribution is 2.36. The van der Waals surface area contributed by atoms with Crippen molar-refractivity contribution in [2.45, 2.75) is 13.8 Å². The van der Waals surface area contributed by atoms with Gasteiger partial charge in [0, 0.05) is 17.1 Å². The topological polar surface area (TPSA) is 66.1 Å². The number of thioether (sulfide) groups is 1. The van der Waals surface area contributed by atoms with Crippen LogP contribution in [0.5, 0.6) is 0 Å². The minimum atomic E-state index is -0.311. The third-order valence-electron chi connectivity index (χ3n) is 4.82. The van der Waals surface area contributed by atoms with E-state index in [9.17, 15) is 9.59 Å². The van der Waals surface area contributed by atoms with E-state index in [1.165, 1.54) is 4.90 Å². The highest BCUT2D eigenvalue weighted by molar-refractivity contribution is 8.19. The normalized spacial score (nSPS) is 15.2. The predicted octanol–water partition coefficient (Wildman–Crippen LogP) is 5.21. The third kappa shape index (κ3) is 3.37. The molecule has 2 heterocycles. The Morgan fingerprint density at radius 2 is 1.66 bits per heavy atom. The van der Waals surface area contributed by atoms with E-state index in [0.29, 0.717) is 16.2 Å². The molecule has 1 saturated heterocycles. The summed E-state index contributed by atoms with van der Waals surface area (Å²) in [7, 11) is 0. The number of nitriles is 1. The molecule has 0 spiro atoms. The summed E-state index contributed by atoms with van der Waals surface area (Å²) in [5, 5.41) is 8.69. The van der Waals surface area contributed by atoms with E-state index in [-0.39, 0.29) is 11.1 Å². The molecule has 2 aromatic carbocycles. The molecule has 4 rings (SSSR count). The lowest BCUT2D eigenvalue weighted by Gasteiger charge is -2.11. The maximum Gasteiger partial charge on any atom is 0.298 e. The number of nitrogens with zero attached hydrogens (tertiary/aromatic N) is 3. The molecule has 142 valence electrons. The lowest BCUT2D eigenvalue weighted by Crippen LogP contribution is -2.27. The van der Waals surface area contributed by atoms with Gasteiger partial charge in [-0.1, -0.05) is 18.2 Å². The Morgan fingerprint density at radius 3 is 2.31 bits per heavy atom. The second-order valence-corrected chi connectivity index (χ2v) is 7.67. The van der Waals surface area contributed by atoms with Gasteiger partial charge in [0.25, 0.3) is 11.1 Å². The zero-order valence-electron chi connectivity index (χ0n) is 15.9.